The highest BCUT2D eigenvalue weighted by Gasteiger charge is 2.40. The van der Waals surface area contributed by atoms with E-state index >= 15 is 0 Å². The monoisotopic (exact) mass is 489 g/mol. The molecule has 2 aromatic rings. The van der Waals surface area contributed by atoms with Crippen LogP contribution in [0.25, 0.3) is 0 Å². The lowest BCUT2D eigenvalue weighted by molar-refractivity contribution is -0.119. The lowest BCUT2D eigenvalue weighted by Gasteiger charge is -2.24. The predicted molar refractivity (Wildman–Crippen MR) is 127 cm³/mol. The molecular weight excluding hydrogens is 465 g/mol. The number of likely N-dealkylation sites (N-methyl/N-ethyl adjacent to an activating group) is 1. The van der Waals surface area contributed by atoms with Gasteiger partial charge >= 0.3 is 12.1 Å². The maximum atomic E-state index is 14.8. The third-order valence-corrected chi connectivity index (χ3v) is 6.25. The van der Waals surface area contributed by atoms with Crippen LogP contribution in [0.1, 0.15) is 6.42 Å². The minimum atomic E-state index is -0.856. The standard InChI is InChI=1S/C23H25ClFN5O4/c1-28-9-10-29(23(28)33)16-7-8-19(18(25)11-16)27-21(31)20-12-17(34-2)13-30(20)22(32)26-15-5-3-14(24)4-6-15/h3-8,11,17,20H,9-10,12-13H2,1-2H3,(H,26,32)(H,27,31)/t17-,20-/m1/s1. The smallest absolute Gasteiger partial charge is 0.324 e. The summed E-state index contributed by atoms with van der Waals surface area (Å²) in [6.07, 6.45) is -0.0675. The summed E-state index contributed by atoms with van der Waals surface area (Å²) in [5.74, 6) is -1.21. The van der Waals surface area contributed by atoms with Crippen molar-refractivity contribution in [3.63, 3.8) is 0 Å². The lowest BCUT2D eigenvalue weighted by Crippen LogP contribution is -2.45. The van der Waals surface area contributed by atoms with Gasteiger partial charge in [-0.15, -0.1) is 0 Å². The van der Waals surface area contributed by atoms with Gasteiger partial charge in [0, 0.05) is 56.6 Å². The minimum Gasteiger partial charge on any atom is -0.380 e. The molecule has 2 saturated heterocycles. The third-order valence-electron chi connectivity index (χ3n) is 5.99. The first kappa shape index (κ1) is 23.8. The predicted octanol–water partition coefficient (Wildman–Crippen LogP) is 3.61. The molecule has 34 heavy (non-hydrogen) atoms. The van der Waals surface area contributed by atoms with E-state index in [0.717, 1.165) is 0 Å². The molecule has 4 rings (SSSR count). The quantitative estimate of drug-likeness (QED) is 0.671. The Morgan fingerprint density at radius 3 is 2.47 bits per heavy atom. The summed E-state index contributed by atoms with van der Waals surface area (Å²) in [5.41, 5.74) is 0.903. The van der Waals surface area contributed by atoms with Gasteiger partial charge in [0.15, 0.2) is 0 Å². The number of anilines is 3. The fourth-order valence-electron chi connectivity index (χ4n) is 4.05. The molecule has 2 aliphatic rings. The molecule has 11 heteroatoms. The van der Waals surface area contributed by atoms with Gasteiger partial charge in [0.25, 0.3) is 0 Å². The zero-order valence-electron chi connectivity index (χ0n) is 18.8. The van der Waals surface area contributed by atoms with Crippen molar-refractivity contribution >= 4 is 46.6 Å². The Labute approximate surface area is 201 Å². The van der Waals surface area contributed by atoms with E-state index in [9.17, 15) is 18.8 Å². The fraction of sp³-hybridized carbons (Fsp3) is 0.348. The molecule has 0 bridgehead atoms. The van der Waals surface area contributed by atoms with Gasteiger partial charge in [-0.3, -0.25) is 9.69 Å². The van der Waals surface area contributed by atoms with Crippen LogP contribution >= 0.6 is 11.6 Å². The Kier molecular flexibility index (Phi) is 6.90. The summed E-state index contributed by atoms with van der Waals surface area (Å²) in [5, 5.41) is 5.84. The number of ether oxygens (including phenoxy) is 1. The number of carbonyl (C=O) groups is 3. The SMILES string of the molecule is CO[C@@H]1C[C@H](C(=O)Nc2ccc(N3CCN(C)C3=O)cc2F)N(C(=O)Nc2ccc(Cl)cc2)C1. The molecule has 2 N–H and O–H groups in total. The van der Waals surface area contributed by atoms with E-state index in [1.165, 1.54) is 29.0 Å². The fourth-order valence-corrected chi connectivity index (χ4v) is 4.17. The van der Waals surface area contributed by atoms with Crippen molar-refractivity contribution in [3.05, 3.63) is 53.3 Å². The van der Waals surface area contributed by atoms with E-state index in [1.807, 2.05) is 0 Å². The minimum absolute atomic E-state index is 0.0346. The normalized spacial score (nSPS) is 20.1. The van der Waals surface area contributed by atoms with E-state index in [4.69, 9.17) is 16.3 Å². The van der Waals surface area contributed by atoms with E-state index in [0.29, 0.717) is 29.5 Å². The number of carbonyl (C=O) groups excluding carboxylic acids is 3. The van der Waals surface area contributed by atoms with E-state index in [2.05, 4.69) is 10.6 Å². The summed E-state index contributed by atoms with van der Waals surface area (Å²) in [4.78, 5) is 42.4. The number of urea groups is 2. The zero-order valence-corrected chi connectivity index (χ0v) is 19.5. The first-order valence-corrected chi connectivity index (χ1v) is 11.1. The van der Waals surface area contributed by atoms with Gasteiger partial charge in [-0.1, -0.05) is 11.6 Å². The van der Waals surface area contributed by atoms with Crippen LogP contribution in [-0.2, 0) is 9.53 Å². The average molecular weight is 490 g/mol. The van der Waals surface area contributed by atoms with Crippen LogP contribution in [0, 0.1) is 5.82 Å². The molecule has 5 amide bonds. The van der Waals surface area contributed by atoms with Crippen LogP contribution in [0.2, 0.25) is 5.02 Å². The van der Waals surface area contributed by atoms with Crippen molar-refractivity contribution in [1.82, 2.24) is 9.80 Å². The highest BCUT2D eigenvalue weighted by molar-refractivity contribution is 6.30. The molecule has 2 aliphatic heterocycles. The zero-order chi connectivity index (χ0) is 24.4. The molecule has 180 valence electrons. The molecule has 0 radical (unpaired) electrons. The summed E-state index contributed by atoms with van der Waals surface area (Å²) >= 11 is 5.88. The van der Waals surface area contributed by atoms with Crippen LogP contribution in [-0.4, -0.2) is 73.7 Å². The largest absolute Gasteiger partial charge is 0.380 e. The Hall–Kier alpha value is -3.37. The second kappa shape index (κ2) is 9.86. The molecule has 9 nitrogen and oxygen atoms in total. The van der Waals surface area contributed by atoms with Crippen LogP contribution in [0.4, 0.5) is 31.0 Å². The first-order valence-electron chi connectivity index (χ1n) is 10.8. The second-order valence-corrected chi connectivity index (χ2v) is 8.64. The lowest BCUT2D eigenvalue weighted by atomic mass is 10.1. The molecule has 2 heterocycles. The van der Waals surface area contributed by atoms with Crippen molar-refractivity contribution in [2.75, 3.05) is 49.3 Å². The van der Waals surface area contributed by atoms with E-state index in [1.54, 1.807) is 42.3 Å². The number of amides is 5. The first-order chi connectivity index (χ1) is 16.3. The van der Waals surface area contributed by atoms with Gasteiger partial charge in [-0.2, -0.15) is 0 Å². The van der Waals surface area contributed by atoms with Crippen LogP contribution in [0.5, 0.6) is 0 Å². The number of benzene rings is 2. The van der Waals surface area contributed by atoms with Crippen molar-refractivity contribution < 1.29 is 23.5 Å². The number of hydrogen-bond donors (Lipinski definition) is 2. The van der Waals surface area contributed by atoms with Crippen molar-refractivity contribution in [1.29, 1.82) is 0 Å². The van der Waals surface area contributed by atoms with Gasteiger partial charge in [0.2, 0.25) is 5.91 Å². The number of likely N-dealkylation sites (tertiary alicyclic amines) is 1. The number of nitrogens with zero attached hydrogens (tertiary/aromatic N) is 3. The van der Waals surface area contributed by atoms with Crippen molar-refractivity contribution in [2.45, 2.75) is 18.6 Å². The van der Waals surface area contributed by atoms with Crippen molar-refractivity contribution in [2.24, 2.45) is 0 Å². The molecule has 0 aromatic heterocycles. The molecule has 0 aliphatic carbocycles. The molecule has 2 fully saturated rings. The number of hydrogen-bond acceptors (Lipinski definition) is 4. The highest BCUT2D eigenvalue weighted by Crippen LogP contribution is 2.27. The van der Waals surface area contributed by atoms with Gasteiger partial charge < -0.3 is 25.2 Å². The molecule has 2 atom stereocenters. The number of nitrogens with one attached hydrogen (secondary N) is 2. The molecule has 0 spiro atoms. The summed E-state index contributed by atoms with van der Waals surface area (Å²) in [6, 6.07) is 9.24. The average Bonchev–Trinajstić information content (AvgIpc) is 3.40. The van der Waals surface area contributed by atoms with Gasteiger partial charge in [-0.05, 0) is 42.5 Å². The molecule has 2 aromatic carbocycles. The van der Waals surface area contributed by atoms with E-state index in [-0.39, 0.29) is 30.8 Å². The Morgan fingerprint density at radius 2 is 1.85 bits per heavy atom. The Morgan fingerprint density at radius 1 is 1.12 bits per heavy atom. The highest BCUT2D eigenvalue weighted by atomic mass is 35.5. The number of halogens is 2. The number of rotatable bonds is 5. The Bertz CT molecular complexity index is 1100. The van der Waals surface area contributed by atoms with Gasteiger partial charge in [-0.25, -0.2) is 14.0 Å². The maximum absolute atomic E-state index is 14.8. The van der Waals surface area contributed by atoms with E-state index < -0.39 is 23.8 Å². The molecule has 0 saturated carbocycles. The molecule has 0 unspecified atom stereocenters. The topological polar surface area (TPSA) is 94.2 Å². The maximum Gasteiger partial charge on any atom is 0.324 e. The van der Waals surface area contributed by atoms with Crippen LogP contribution in [0.3, 0.4) is 0 Å². The summed E-state index contributed by atoms with van der Waals surface area (Å²) < 4.78 is 20.2. The third kappa shape index (κ3) is 4.92. The van der Waals surface area contributed by atoms with Crippen LogP contribution in [0.15, 0.2) is 42.5 Å². The van der Waals surface area contributed by atoms with Gasteiger partial charge in [0.1, 0.15) is 11.9 Å². The Balaban J connectivity index is 1.46. The molecular formula is C23H25ClFN5O4. The van der Waals surface area contributed by atoms with Crippen LogP contribution < -0.4 is 15.5 Å². The summed E-state index contributed by atoms with van der Waals surface area (Å²) in [7, 11) is 3.19. The van der Waals surface area contributed by atoms with Crippen molar-refractivity contribution in [3.8, 4) is 0 Å². The number of methoxy groups -OCH3 is 1. The summed E-state index contributed by atoms with van der Waals surface area (Å²) in [6.45, 7) is 1.22. The second-order valence-electron chi connectivity index (χ2n) is 8.21. The van der Waals surface area contributed by atoms with Gasteiger partial charge in [0.05, 0.1) is 11.8 Å².